The molecule has 0 aromatic heterocycles. The lowest BCUT2D eigenvalue weighted by Gasteiger charge is -2.38. The van der Waals surface area contributed by atoms with E-state index >= 15 is 0 Å². The lowest BCUT2D eigenvalue weighted by molar-refractivity contribution is -0.143. The van der Waals surface area contributed by atoms with E-state index in [0.717, 1.165) is 29.8 Å². The Morgan fingerprint density at radius 1 is 1.21 bits per heavy atom. The fraction of sp³-hybridized carbons (Fsp3) is 0.381. The number of ether oxygens (including phenoxy) is 1. The Labute approximate surface area is 180 Å². The highest BCUT2D eigenvalue weighted by Gasteiger charge is 2.33. The van der Waals surface area contributed by atoms with E-state index in [1.165, 1.54) is 0 Å². The summed E-state index contributed by atoms with van der Waals surface area (Å²) in [5.74, 6) is -0.456. The largest absolute Gasteiger partial charge is 0.494 e. The summed E-state index contributed by atoms with van der Waals surface area (Å²) in [6.45, 7) is 3.65. The maximum atomic E-state index is 11.6. The number of benzene rings is 2. The molecule has 0 radical (unpaired) electrons. The summed E-state index contributed by atoms with van der Waals surface area (Å²) in [6, 6.07) is 10.8. The van der Waals surface area contributed by atoms with Crippen molar-refractivity contribution < 1.29 is 14.6 Å². The molecular formula is C21H22Cl3NO3. The van der Waals surface area contributed by atoms with Crippen molar-refractivity contribution in [1.29, 1.82) is 0 Å². The van der Waals surface area contributed by atoms with Gasteiger partial charge in [-0.25, -0.2) is 0 Å². The van der Waals surface area contributed by atoms with Crippen LogP contribution in [0.15, 0.2) is 36.4 Å². The summed E-state index contributed by atoms with van der Waals surface area (Å²) >= 11 is 18.7. The summed E-state index contributed by atoms with van der Waals surface area (Å²) in [5.41, 5.74) is 1.81. The van der Waals surface area contributed by atoms with Gasteiger partial charge in [0.15, 0.2) is 0 Å². The SMILES string of the molecule is CCOc1ccc(Cl)cc1C(c1ccc(Cl)c(Cl)c1)N1CCCC(C(=O)O)C1. The second kappa shape index (κ2) is 9.36. The monoisotopic (exact) mass is 441 g/mol. The van der Waals surface area contributed by atoms with Gasteiger partial charge in [0.1, 0.15) is 5.75 Å². The molecule has 4 nitrogen and oxygen atoms in total. The van der Waals surface area contributed by atoms with Crippen molar-refractivity contribution in [2.45, 2.75) is 25.8 Å². The van der Waals surface area contributed by atoms with Crippen molar-refractivity contribution in [3.05, 3.63) is 62.6 Å². The van der Waals surface area contributed by atoms with E-state index in [1.54, 1.807) is 12.1 Å². The van der Waals surface area contributed by atoms with Gasteiger partial charge in [0.05, 0.1) is 28.6 Å². The molecule has 150 valence electrons. The van der Waals surface area contributed by atoms with Gasteiger partial charge in [0, 0.05) is 17.1 Å². The Balaban J connectivity index is 2.11. The lowest BCUT2D eigenvalue weighted by Crippen LogP contribution is -2.41. The molecule has 0 aliphatic carbocycles. The van der Waals surface area contributed by atoms with Gasteiger partial charge >= 0.3 is 5.97 Å². The molecule has 3 rings (SSSR count). The summed E-state index contributed by atoms with van der Waals surface area (Å²) in [7, 11) is 0. The number of carbonyl (C=O) groups is 1. The number of aliphatic carboxylic acids is 1. The zero-order chi connectivity index (χ0) is 20.3. The first-order valence-corrected chi connectivity index (χ1v) is 10.4. The minimum atomic E-state index is -0.770. The van der Waals surface area contributed by atoms with E-state index in [1.807, 2.05) is 31.2 Å². The third-order valence-electron chi connectivity index (χ3n) is 4.99. The van der Waals surface area contributed by atoms with Gasteiger partial charge in [-0.05, 0) is 62.2 Å². The normalized spacial score (nSPS) is 18.6. The summed E-state index contributed by atoms with van der Waals surface area (Å²) in [6.07, 6.45) is 1.48. The number of rotatable bonds is 6. The van der Waals surface area contributed by atoms with Crippen molar-refractivity contribution >= 4 is 40.8 Å². The van der Waals surface area contributed by atoms with E-state index in [2.05, 4.69) is 4.90 Å². The Bertz CT molecular complexity index is 859. The Morgan fingerprint density at radius 2 is 2.00 bits per heavy atom. The maximum Gasteiger partial charge on any atom is 0.307 e. The van der Waals surface area contributed by atoms with Gasteiger partial charge in [-0.15, -0.1) is 0 Å². The number of carboxylic acids is 1. The average molecular weight is 443 g/mol. The van der Waals surface area contributed by atoms with Crippen LogP contribution in [-0.4, -0.2) is 35.7 Å². The highest BCUT2D eigenvalue weighted by molar-refractivity contribution is 6.42. The van der Waals surface area contributed by atoms with Gasteiger partial charge in [-0.3, -0.25) is 9.69 Å². The van der Waals surface area contributed by atoms with E-state index < -0.39 is 11.9 Å². The van der Waals surface area contributed by atoms with Crippen LogP contribution in [0.25, 0.3) is 0 Å². The van der Waals surface area contributed by atoms with E-state index in [9.17, 15) is 9.90 Å². The van der Waals surface area contributed by atoms with Crippen LogP contribution in [0, 0.1) is 5.92 Å². The molecule has 0 spiro atoms. The topological polar surface area (TPSA) is 49.8 Å². The first-order valence-electron chi connectivity index (χ1n) is 9.24. The number of likely N-dealkylation sites (tertiary alicyclic amines) is 1. The highest BCUT2D eigenvalue weighted by Crippen LogP contribution is 2.40. The fourth-order valence-corrected chi connectivity index (χ4v) is 4.22. The molecule has 28 heavy (non-hydrogen) atoms. The van der Waals surface area contributed by atoms with Crippen LogP contribution in [0.3, 0.4) is 0 Å². The number of carboxylic acid groups (broad SMARTS) is 1. The van der Waals surface area contributed by atoms with Crippen LogP contribution in [0.2, 0.25) is 15.1 Å². The van der Waals surface area contributed by atoms with Crippen LogP contribution < -0.4 is 4.74 Å². The lowest BCUT2D eigenvalue weighted by atomic mass is 9.91. The number of hydrogen-bond donors (Lipinski definition) is 1. The van der Waals surface area contributed by atoms with E-state index in [-0.39, 0.29) is 6.04 Å². The molecular weight excluding hydrogens is 421 g/mol. The smallest absolute Gasteiger partial charge is 0.307 e. The molecule has 2 aromatic carbocycles. The molecule has 1 saturated heterocycles. The van der Waals surface area contributed by atoms with Gasteiger partial charge in [0.2, 0.25) is 0 Å². The fourth-order valence-electron chi connectivity index (χ4n) is 3.73. The standard InChI is InChI=1S/C21H22Cl3NO3/c1-2-28-19-8-6-15(22)11-16(19)20(13-5-7-17(23)18(24)10-13)25-9-3-4-14(12-25)21(26)27/h5-8,10-11,14,20H,2-4,9,12H2,1H3,(H,26,27). The van der Waals surface area contributed by atoms with Crippen LogP contribution in [-0.2, 0) is 4.79 Å². The van der Waals surface area contributed by atoms with Gasteiger partial charge in [-0.2, -0.15) is 0 Å². The third-order valence-corrected chi connectivity index (χ3v) is 5.97. The molecule has 0 amide bonds. The predicted octanol–water partition coefficient (Wildman–Crippen LogP) is 5.93. The van der Waals surface area contributed by atoms with E-state index in [0.29, 0.717) is 34.6 Å². The number of hydrogen-bond acceptors (Lipinski definition) is 3. The van der Waals surface area contributed by atoms with Crippen molar-refractivity contribution in [3.63, 3.8) is 0 Å². The number of nitrogens with zero attached hydrogens (tertiary/aromatic N) is 1. The number of halogens is 3. The number of piperidine rings is 1. The molecule has 0 bridgehead atoms. The van der Waals surface area contributed by atoms with Crippen LogP contribution in [0.1, 0.15) is 36.9 Å². The average Bonchev–Trinajstić information content (AvgIpc) is 2.67. The van der Waals surface area contributed by atoms with Crippen LogP contribution in [0.5, 0.6) is 5.75 Å². The molecule has 0 saturated carbocycles. The first-order chi connectivity index (χ1) is 13.4. The van der Waals surface area contributed by atoms with Crippen molar-refractivity contribution in [2.24, 2.45) is 5.92 Å². The van der Waals surface area contributed by atoms with E-state index in [4.69, 9.17) is 39.5 Å². The predicted molar refractivity (Wildman–Crippen MR) is 113 cm³/mol. The van der Waals surface area contributed by atoms with Crippen molar-refractivity contribution in [2.75, 3.05) is 19.7 Å². The molecule has 7 heteroatoms. The molecule has 2 atom stereocenters. The first kappa shape index (κ1) is 21.3. The summed E-state index contributed by atoms with van der Waals surface area (Å²) in [4.78, 5) is 13.8. The zero-order valence-electron chi connectivity index (χ0n) is 15.5. The van der Waals surface area contributed by atoms with Crippen molar-refractivity contribution in [1.82, 2.24) is 4.90 Å². The highest BCUT2D eigenvalue weighted by atomic mass is 35.5. The minimum Gasteiger partial charge on any atom is -0.494 e. The van der Waals surface area contributed by atoms with Crippen LogP contribution >= 0.6 is 34.8 Å². The van der Waals surface area contributed by atoms with Gasteiger partial charge < -0.3 is 9.84 Å². The van der Waals surface area contributed by atoms with Gasteiger partial charge in [0.25, 0.3) is 0 Å². The Morgan fingerprint density at radius 3 is 2.68 bits per heavy atom. The second-order valence-electron chi connectivity index (χ2n) is 6.86. The zero-order valence-corrected chi connectivity index (χ0v) is 17.8. The Hall–Kier alpha value is -1.46. The van der Waals surface area contributed by atoms with Crippen molar-refractivity contribution in [3.8, 4) is 5.75 Å². The third kappa shape index (κ3) is 4.74. The molecule has 2 unspecified atom stereocenters. The molecule has 1 aliphatic heterocycles. The maximum absolute atomic E-state index is 11.6. The second-order valence-corrected chi connectivity index (χ2v) is 8.11. The molecule has 2 aromatic rings. The summed E-state index contributed by atoms with van der Waals surface area (Å²) in [5, 5.41) is 11.1. The summed E-state index contributed by atoms with van der Waals surface area (Å²) < 4.78 is 5.85. The van der Waals surface area contributed by atoms with Crippen LogP contribution in [0.4, 0.5) is 0 Å². The molecule has 1 N–H and O–H groups in total. The minimum absolute atomic E-state index is 0.239. The molecule has 1 fully saturated rings. The Kier molecular flexibility index (Phi) is 7.10. The molecule has 1 aliphatic rings. The molecule has 1 heterocycles. The quantitative estimate of drug-likeness (QED) is 0.602. The van der Waals surface area contributed by atoms with Gasteiger partial charge in [-0.1, -0.05) is 40.9 Å².